The second-order valence-electron chi connectivity index (χ2n) is 13.3. The van der Waals surface area contributed by atoms with Crippen LogP contribution in [0.5, 0.6) is 11.5 Å². The van der Waals surface area contributed by atoms with E-state index in [1.807, 2.05) is 30.5 Å². The summed E-state index contributed by atoms with van der Waals surface area (Å²) in [5, 5.41) is 3.44. The maximum Gasteiger partial charge on any atom is 0.135 e. The summed E-state index contributed by atoms with van der Waals surface area (Å²) in [6.45, 7) is 6.73. The molecule has 3 heterocycles. The highest BCUT2D eigenvalue weighted by molar-refractivity contribution is 5.89. The van der Waals surface area contributed by atoms with E-state index in [1.165, 1.54) is 16.5 Å². The topological polar surface area (TPSA) is 23.4 Å². The van der Waals surface area contributed by atoms with Gasteiger partial charge in [-0.2, -0.15) is 0 Å². The van der Waals surface area contributed by atoms with Gasteiger partial charge >= 0.3 is 0 Å². The molecule has 1 aromatic heterocycles. The fourth-order valence-corrected chi connectivity index (χ4v) is 7.48. The first-order valence-electron chi connectivity index (χ1n) is 17.8. The molecular weight excluding hydrogens is 635 g/mol. The summed E-state index contributed by atoms with van der Waals surface area (Å²) < 4.78 is 15.2. The third-order valence-corrected chi connectivity index (χ3v) is 10.1. The molecule has 0 saturated carbocycles. The van der Waals surface area contributed by atoms with Crippen molar-refractivity contribution in [2.24, 2.45) is 0 Å². The van der Waals surface area contributed by atoms with Gasteiger partial charge in [-0.15, -0.1) is 0 Å². The second kappa shape index (κ2) is 13.3. The molecule has 6 aromatic rings. The first-order chi connectivity index (χ1) is 25.6. The van der Waals surface area contributed by atoms with Gasteiger partial charge in [-0.1, -0.05) is 122 Å². The molecule has 2 aliphatic heterocycles. The summed E-state index contributed by atoms with van der Waals surface area (Å²) in [6, 6.07) is 42.5. The number of benzene rings is 5. The van der Waals surface area contributed by atoms with Crippen molar-refractivity contribution in [2.45, 2.75) is 19.3 Å². The van der Waals surface area contributed by atoms with Gasteiger partial charge in [0, 0.05) is 44.8 Å². The standard InChI is InChI=1S/C49H37NO2/c1-3-46-44(45-29-37(34-14-7-4-8-15-34)24-25-47(45)50(46)41-20-11-6-12-21-41)26-33(2)36-22-23-38-28-42(27-36)52-49-31-48-39(30-43(38)49)18-13-19-40(32-51-48)35-16-9-5-10-17-35/h3-17,19-32,38H,2,18H2,1H3/b19-13-,40-32+,44-26-,46-3+. The molecule has 9 rings (SSSR count). The molecule has 5 aromatic carbocycles. The molecule has 52 heavy (non-hydrogen) atoms. The number of fused-ring (bicyclic) bond motifs is 5. The zero-order chi connectivity index (χ0) is 35.0. The summed E-state index contributed by atoms with van der Waals surface area (Å²) in [6.07, 6.45) is 20.1. The molecule has 0 amide bonds. The number of allylic oxidation sites excluding steroid dienone is 9. The van der Waals surface area contributed by atoms with Crippen LogP contribution in [0.1, 0.15) is 29.5 Å². The maximum atomic E-state index is 6.57. The molecule has 250 valence electrons. The first kappa shape index (κ1) is 31.4. The van der Waals surface area contributed by atoms with Gasteiger partial charge in [0.2, 0.25) is 0 Å². The number of ether oxygens (including phenoxy) is 2. The van der Waals surface area contributed by atoms with E-state index in [4.69, 9.17) is 9.47 Å². The van der Waals surface area contributed by atoms with Crippen molar-refractivity contribution >= 4 is 28.6 Å². The first-order valence-corrected chi connectivity index (χ1v) is 17.8. The molecule has 3 heteroatoms. The van der Waals surface area contributed by atoms with Crippen LogP contribution in [-0.4, -0.2) is 4.57 Å². The Morgan fingerprint density at radius 1 is 0.788 bits per heavy atom. The second-order valence-corrected chi connectivity index (χ2v) is 13.3. The lowest BCUT2D eigenvalue weighted by atomic mass is 9.92. The highest BCUT2D eigenvalue weighted by atomic mass is 16.5. The molecule has 0 N–H and O–H groups in total. The monoisotopic (exact) mass is 671 g/mol. The van der Waals surface area contributed by atoms with E-state index in [0.717, 1.165) is 78.9 Å². The number of hydrogen-bond acceptors (Lipinski definition) is 2. The van der Waals surface area contributed by atoms with Gasteiger partial charge in [0.05, 0.1) is 11.8 Å². The lowest BCUT2D eigenvalue weighted by Crippen LogP contribution is -2.28. The highest BCUT2D eigenvalue weighted by Gasteiger charge is 2.25. The zero-order valence-electron chi connectivity index (χ0n) is 29.0. The molecule has 0 radical (unpaired) electrons. The van der Waals surface area contributed by atoms with Crippen LogP contribution >= 0.6 is 0 Å². The van der Waals surface area contributed by atoms with Gasteiger partial charge in [0.15, 0.2) is 0 Å². The average molecular weight is 672 g/mol. The van der Waals surface area contributed by atoms with Gasteiger partial charge in [-0.25, -0.2) is 0 Å². The van der Waals surface area contributed by atoms with E-state index in [2.05, 4.69) is 164 Å². The lowest BCUT2D eigenvalue weighted by Gasteiger charge is -2.23. The van der Waals surface area contributed by atoms with Crippen LogP contribution < -0.4 is 20.0 Å². The van der Waals surface area contributed by atoms with E-state index in [9.17, 15) is 0 Å². The molecular formula is C49H37NO2. The molecule has 0 fully saturated rings. The van der Waals surface area contributed by atoms with Crippen LogP contribution in [0.25, 0.3) is 45.4 Å². The summed E-state index contributed by atoms with van der Waals surface area (Å²) in [5.41, 5.74) is 11.0. The molecule has 1 aliphatic carbocycles. The van der Waals surface area contributed by atoms with E-state index in [-0.39, 0.29) is 5.92 Å². The third kappa shape index (κ3) is 5.76. The van der Waals surface area contributed by atoms with Crippen molar-refractivity contribution in [3.05, 3.63) is 215 Å². The fourth-order valence-electron chi connectivity index (χ4n) is 7.48. The minimum absolute atomic E-state index is 0.0726. The minimum Gasteiger partial charge on any atom is -0.464 e. The number of aromatic nitrogens is 1. The summed E-state index contributed by atoms with van der Waals surface area (Å²) in [4.78, 5) is 0. The Morgan fingerprint density at radius 3 is 2.31 bits per heavy atom. The van der Waals surface area contributed by atoms with Crippen molar-refractivity contribution in [1.82, 2.24) is 4.57 Å². The van der Waals surface area contributed by atoms with Crippen LogP contribution in [0.15, 0.2) is 188 Å². The van der Waals surface area contributed by atoms with Crippen LogP contribution in [0.4, 0.5) is 0 Å². The van der Waals surface area contributed by atoms with Crippen molar-refractivity contribution < 1.29 is 9.47 Å². The van der Waals surface area contributed by atoms with E-state index < -0.39 is 0 Å². The summed E-state index contributed by atoms with van der Waals surface area (Å²) >= 11 is 0. The zero-order valence-corrected chi connectivity index (χ0v) is 29.0. The third-order valence-electron chi connectivity index (χ3n) is 10.1. The Bertz CT molecular complexity index is 2650. The van der Waals surface area contributed by atoms with Crippen LogP contribution in [-0.2, 0) is 6.42 Å². The number of hydrogen-bond donors (Lipinski definition) is 0. The van der Waals surface area contributed by atoms with E-state index in [1.54, 1.807) is 0 Å². The van der Waals surface area contributed by atoms with Crippen molar-refractivity contribution in [3.63, 3.8) is 0 Å². The van der Waals surface area contributed by atoms with Gasteiger partial charge in [-0.05, 0) is 95.3 Å². The lowest BCUT2D eigenvalue weighted by molar-refractivity contribution is 0.415. The van der Waals surface area contributed by atoms with Crippen LogP contribution in [0, 0.1) is 0 Å². The van der Waals surface area contributed by atoms with Gasteiger partial charge < -0.3 is 14.0 Å². The van der Waals surface area contributed by atoms with E-state index in [0.29, 0.717) is 0 Å². The predicted octanol–water partition coefficient (Wildman–Crippen LogP) is 10.5. The molecule has 3 nitrogen and oxygen atoms in total. The van der Waals surface area contributed by atoms with Gasteiger partial charge in [0.25, 0.3) is 0 Å². The summed E-state index contributed by atoms with van der Waals surface area (Å²) in [5.74, 6) is 2.51. The minimum atomic E-state index is 0.0726. The van der Waals surface area contributed by atoms with Gasteiger partial charge in [-0.3, -0.25) is 0 Å². The Kier molecular flexibility index (Phi) is 8.02. The molecule has 0 spiro atoms. The van der Waals surface area contributed by atoms with E-state index >= 15 is 0 Å². The molecule has 3 aliphatic rings. The molecule has 1 atom stereocenters. The quantitative estimate of drug-likeness (QED) is 0.182. The highest BCUT2D eigenvalue weighted by Crippen LogP contribution is 2.42. The molecule has 2 bridgehead atoms. The predicted molar refractivity (Wildman–Crippen MR) is 215 cm³/mol. The Hall–Kier alpha value is -6.58. The number of rotatable bonds is 5. The Labute approximate surface area is 304 Å². The van der Waals surface area contributed by atoms with Crippen molar-refractivity contribution in [1.29, 1.82) is 0 Å². The average Bonchev–Trinajstić information content (AvgIpc) is 3.37. The largest absolute Gasteiger partial charge is 0.464 e. The van der Waals surface area contributed by atoms with Gasteiger partial charge in [0.1, 0.15) is 17.3 Å². The van der Waals surface area contributed by atoms with Crippen LogP contribution in [0.3, 0.4) is 0 Å². The molecule has 1 unspecified atom stereocenters. The normalized spacial score (nSPS) is 18.3. The molecule has 0 saturated heterocycles. The number of para-hydroxylation sites is 1. The van der Waals surface area contributed by atoms with Crippen molar-refractivity contribution in [2.75, 3.05) is 0 Å². The van der Waals surface area contributed by atoms with Crippen LogP contribution in [0.2, 0.25) is 0 Å². The van der Waals surface area contributed by atoms with Crippen molar-refractivity contribution in [3.8, 4) is 28.3 Å². The summed E-state index contributed by atoms with van der Waals surface area (Å²) in [7, 11) is 0. The maximum absolute atomic E-state index is 6.57. The number of nitrogens with zero attached hydrogens (tertiary/aromatic N) is 1. The SMILES string of the molecule is C=C(/C=c1\c(=C/C)n(-c2ccccc2)c2ccc(-c3ccccc3)cc12)C1=CC2=CC(C=C1)c1cc3c(cc1O2)O/C=C(c1ccccc1)\C=C/C3. The smallest absolute Gasteiger partial charge is 0.135 e. The Balaban J connectivity index is 1.09. The Morgan fingerprint density at radius 2 is 1.54 bits per heavy atom. The fraction of sp³-hybridized carbons (Fsp3) is 0.0612.